The fourth-order valence-corrected chi connectivity index (χ4v) is 6.03. The summed E-state index contributed by atoms with van der Waals surface area (Å²) in [6.45, 7) is 0. The zero-order valence-corrected chi connectivity index (χ0v) is 14.3. The average molecular weight is 435 g/mol. The van der Waals surface area contributed by atoms with Crippen LogP contribution in [-0.4, -0.2) is 23.3 Å². The van der Waals surface area contributed by atoms with Gasteiger partial charge in [0.15, 0.2) is 14.2 Å². The fraction of sp³-hybridized carbons (Fsp3) is 0.833. The van der Waals surface area contributed by atoms with E-state index in [2.05, 4.69) is 0 Å². The smallest absolute Gasteiger partial charge is 0.275 e. The summed E-state index contributed by atoms with van der Waals surface area (Å²) in [5, 5.41) is -3.89. The maximum Gasteiger partial charge on any atom is 0.275 e. The van der Waals surface area contributed by atoms with E-state index < -0.39 is 90.4 Å². The number of hydrogen-bond acceptors (Lipinski definition) is 6. The minimum Gasteiger partial charge on any atom is -0.295 e. The average Bonchev–Trinajstić information content (AvgIpc) is 2.46. The number of rotatable bonds is 5. The molecule has 1 aliphatic rings. The topological polar surface area (TPSA) is 17.1 Å². The van der Waals surface area contributed by atoms with Crippen molar-refractivity contribution in [3.8, 4) is 0 Å². The number of carbonyl (C=O) groups excluding carboxylic acids is 1. The largest absolute Gasteiger partial charge is 0.295 e. The van der Waals surface area contributed by atoms with Crippen LogP contribution < -0.4 is 0 Å². The van der Waals surface area contributed by atoms with Crippen LogP contribution in [0.4, 0.5) is 23.8 Å². The van der Waals surface area contributed by atoms with Gasteiger partial charge in [-0.2, -0.15) is 19.4 Å². The highest BCUT2D eigenvalue weighted by atomic mass is 35.5. The molecule has 14 heteroatoms. The highest BCUT2D eigenvalue weighted by Gasteiger charge is 2.83. The summed E-state index contributed by atoms with van der Waals surface area (Å²) in [5.74, 6) is -1.74. The second-order valence-electron chi connectivity index (χ2n) is 3.52. The zero-order valence-electron chi connectivity index (χ0n) is 8.68. The first-order valence-electron chi connectivity index (χ1n) is 4.27. The van der Waals surface area contributed by atoms with E-state index in [0.717, 1.165) is 0 Å². The van der Waals surface area contributed by atoms with Gasteiger partial charge in [0, 0.05) is 6.42 Å². The highest BCUT2D eigenvalue weighted by Crippen LogP contribution is 2.74. The summed E-state index contributed by atoms with van der Waals surface area (Å²) >= 11 is 5.43. The first-order chi connectivity index (χ1) is 9.18. The van der Waals surface area contributed by atoms with Gasteiger partial charge in [-0.3, -0.25) is 4.79 Å². The molecule has 0 bridgehead atoms. The van der Waals surface area contributed by atoms with Crippen LogP contribution >= 0.6 is 83.9 Å². The lowest BCUT2D eigenvalue weighted by atomic mass is 9.93. The Morgan fingerprint density at radius 2 is 1.40 bits per heavy atom. The van der Waals surface area contributed by atoms with Gasteiger partial charge in [-0.15, -0.1) is 11.6 Å². The summed E-state index contributed by atoms with van der Waals surface area (Å²) in [7, 11) is 0. The molecule has 0 N–H and O–H groups in total. The second-order valence-corrected chi connectivity index (χ2v) is 9.31. The maximum absolute atomic E-state index is 14.4. The Hall–Kier alpha value is 1.58. The lowest BCUT2D eigenvalue weighted by molar-refractivity contribution is -0.128. The molecular weight excluding hydrogens is 433 g/mol. The summed E-state index contributed by atoms with van der Waals surface area (Å²) in [5.41, 5.74) is 0. The molecule has 0 aromatic rings. The van der Waals surface area contributed by atoms with Gasteiger partial charge in [-0.05, 0) is 0 Å². The molecular formula is C6H2Cl2F6OS5. The SMILES string of the molecule is O=C1CC(Cl)(SF)C(Cl)(SF)C(SF)(SF)C1(F)SF. The molecule has 0 saturated heterocycles. The van der Waals surface area contributed by atoms with Crippen molar-refractivity contribution in [2.45, 2.75) is 23.9 Å². The second kappa shape index (κ2) is 6.60. The highest BCUT2D eigenvalue weighted by molar-refractivity contribution is 8.17. The molecule has 1 fully saturated rings. The van der Waals surface area contributed by atoms with Crippen molar-refractivity contribution in [3.05, 3.63) is 0 Å². The van der Waals surface area contributed by atoms with Gasteiger partial charge in [0.1, 0.15) is 0 Å². The lowest BCUT2D eigenvalue weighted by Crippen LogP contribution is -2.69. The molecule has 0 amide bonds. The van der Waals surface area contributed by atoms with E-state index in [0.29, 0.717) is 0 Å². The van der Waals surface area contributed by atoms with Gasteiger partial charge < -0.3 is 0 Å². The minimum atomic E-state index is -3.89. The Bertz CT molecular complexity index is 404. The third-order valence-electron chi connectivity index (χ3n) is 2.63. The van der Waals surface area contributed by atoms with Crippen LogP contribution in [-0.2, 0) is 4.79 Å². The monoisotopic (exact) mass is 434 g/mol. The minimum absolute atomic E-state index is 0.879. The molecule has 1 rings (SSSR count). The van der Waals surface area contributed by atoms with Crippen molar-refractivity contribution in [2.75, 3.05) is 0 Å². The molecule has 0 heterocycles. The molecule has 1 aliphatic carbocycles. The van der Waals surface area contributed by atoms with Crippen molar-refractivity contribution in [2.24, 2.45) is 0 Å². The van der Waals surface area contributed by atoms with E-state index in [9.17, 15) is 28.6 Å². The maximum atomic E-state index is 14.4. The lowest BCUT2D eigenvalue weighted by Gasteiger charge is -2.52. The van der Waals surface area contributed by atoms with Crippen LogP contribution in [0.3, 0.4) is 0 Å². The Labute approximate surface area is 141 Å². The number of ketones is 1. The molecule has 0 aromatic heterocycles. The molecule has 118 valence electrons. The number of Topliss-reactive ketones (excluding diaryl/α,β-unsaturated/α-hetero) is 1. The van der Waals surface area contributed by atoms with E-state index in [1.807, 2.05) is 0 Å². The third kappa shape index (κ3) is 2.27. The van der Waals surface area contributed by atoms with E-state index in [1.54, 1.807) is 0 Å². The third-order valence-corrected chi connectivity index (χ3v) is 9.49. The van der Waals surface area contributed by atoms with E-state index >= 15 is 0 Å². The van der Waals surface area contributed by atoms with E-state index in [-0.39, 0.29) is 0 Å². The summed E-state index contributed by atoms with van der Waals surface area (Å²) in [6, 6.07) is 0. The van der Waals surface area contributed by atoms with Gasteiger partial charge >= 0.3 is 0 Å². The van der Waals surface area contributed by atoms with Crippen LogP contribution in [0.25, 0.3) is 0 Å². The van der Waals surface area contributed by atoms with Crippen molar-refractivity contribution in [3.63, 3.8) is 0 Å². The summed E-state index contributed by atoms with van der Waals surface area (Å²) in [4.78, 5) is 11.6. The standard InChI is InChI=1S/C6H2Cl2F6OS5/c7-3(16-10)1-2(15)4(9,17-11)6(19-13,20-14)5(3,8)18-12/h1H2. The van der Waals surface area contributed by atoms with Gasteiger partial charge in [0.25, 0.3) is 5.00 Å². The first-order valence-corrected chi connectivity index (χ1v) is 8.61. The predicted octanol–water partition coefficient (Wildman–Crippen LogP) is 6.28. The molecule has 0 aliphatic heterocycles. The number of alkyl halides is 3. The molecule has 0 aromatic carbocycles. The van der Waals surface area contributed by atoms with Gasteiger partial charge in [-0.25, -0.2) is 4.39 Å². The molecule has 0 spiro atoms. The Morgan fingerprint density at radius 3 is 1.70 bits per heavy atom. The predicted molar refractivity (Wildman–Crippen MR) is 76.9 cm³/mol. The quantitative estimate of drug-likeness (QED) is 0.285. The molecule has 1 nitrogen and oxygen atoms in total. The normalized spacial score (nSPS) is 40.9. The fourth-order valence-electron chi connectivity index (χ4n) is 1.56. The molecule has 1 saturated carbocycles. The van der Waals surface area contributed by atoms with E-state index in [4.69, 9.17) is 23.2 Å². The van der Waals surface area contributed by atoms with Crippen LogP contribution in [0.2, 0.25) is 0 Å². The molecule has 3 atom stereocenters. The molecule has 3 unspecified atom stereocenters. The Balaban J connectivity index is 3.66. The zero-order chi connectivity index (χ0) is 15.8. The molecule has 20 heavy (non-hydrogen) atoms. The van der Waals surface area contributed by atoms with Crippen LogP contribution in [0.15, 0.2) is 0 Å². The number of halogens is 8. The number of hydrogen-bond donors (Lipinski definition) is 0. The van der Waals surface area contributed by atoms with Crippen LogP contribution in [0, 0.1) is 0 Å². The van der Waals surface area contributed by atoms with Crippen molar-refractivity contribution < 1.29 is 28.6 Å². The van der Waals surface area contributed by atoms with Gasteiger partial charge in [0.2, 0.25) is 4.08 Å². The van der Waals surface area contributed by atoms with E-state index in [1.165, 1.54) is 0 Å². The molecule has 0 radical (unpaired) electrons. The summed E-state index contributed by atoms with van der Waals surface area (Å²) < 4.78 is 70.4. The van der Waals surface area contributed by atoms with Gasteiger partial charge in [-0.1, -0.05) is 11.6 Å². The van der Waals surface area contributed by atoms with Crippen molar-refractivity contribution in [1.82, 2.24) is 0 Å². The van der Waals surface area contributed by atoms with Crippen molar-refractivity contribution >= 4 is 89.7 Å². The van der Waals surface area contributed by atoms with Crippen LogP contribution in [0.1, 0.15) is 6.42 Å². The number of carbonyl (C=O) groups is 1. The Kier molecular flexibility index (Phi) is 6.47. The van der Waals surface area contributed by atoms with Crippen LogP contribution in [0.5, 0.6) is 0 Å². The Morgan fingerprint density at radius 1 is 0.900 bits per heavy atom. The van der Waals surface area contributed by atoms with Crippen molar-refractivity contribution in [1.29, 1.82) is 0 Å². The first kappa shape index (κ1) is 19.6. The summed E-state index contributed by atoms with van der Waals surface area (Å²) in [6.07, 6.45) is -1.27. The van der Waals surface area contributed by atoms with Gasteiger partial charge in [0.05, 0.1) is 60.7 Å².